The number of nitrogen functional groups attached to an aromatic ring is 1. The summed E-state index contributed by atoms with van der Waals surface area (Å²) >= 11 is 0. The van der Waals surface area contributed by atoms with Crippen molar-refractivity contribution in [3.8, 4) is 11.5 Å². The first-order valence-electron chi connectivity index (χ1n) is 4.59. The smallest absolute Gasteiger partial charge is 0.340 e. The molecular weight excluding hydrogens is 198 g/mol. The van der Waals surface area contributed by atoms with Crippen molar-refractivity contribution in [1.82, 2.24) is 0 Å². The third-order valence-electron chi connectivity index (χ3n) is 2.07. The molecule has 0 unspecified atom stereocenters. The van der Waals surface area contributed by atoms with Crippen LogP contribution in [0.5, 0.6) is 11.5 Å². The Hall–Kier alpha value is -1.91. The van der Waals surface area contributed by atoms with Gasteiger partial charge in [-0.15, -0.1) is 0 Å². The summed E-state index contributed by atoms with van der Waals surface area (Å²) in [5, 5.41) is 0. The van der Waals surface area contributed by atoms with Crippen LogP contribution in [0.1, 0.15) is 17.3 Å². The van der Waals surface area contributed by atoms with Crippen LogP contribution in [0.4, 0.5) is 5.69 Å². The van der Waals surface area contributed by atoms with Gasteiger partial charge in [-0.1, -0.05) is 0 Å². The maximum absolute atomic E-state index is 11.5. The lowest BCUT2D eigenvalue weighted by Crippen LogP contribution is -2.08. The zero-order chi connectivity index (χ0) is 10.8. The third kappa shape index (κ3) is 1.56. The highest BCUT2D eigenvalue weighted by molar-refractivity contribution is 5.97. The van der Waals surface area contributed by atoms with Gasteiger partial charge in [-0.05, 0) is 19.1 Å². The minimum atomic E-state index is -0.451. The van der Waals surface area contributed by atoms with Crippen molar-refractivity contribution in [2.75, 3.05) is 19.1 Å². The Morgan fingerprint density at radius 2 is 2.33 bits per heavy atom. The molecule has 1 aromatic carbocycles. The van der Waals surface area contributed by atoms with Crippen molar-refractivity contribution in [3.63, 3.8) is 0 Å². The van der Waals surface area contributed by atoms with E-state index in [0.29, 0.717) is 23.7 Å². The summed E-state index contributed by atoms with van der Waals surface area (Å²) in [5.74, 6) is 0.523. The maximum Gasteiger partial charge on any atom is 0.340 e. The third-order valence-corrected chi connectivity index (χ3v) is 2.07. The first kappa shape index (κ1) is 9.64. The monoisotopic (exact) mass is 209 g/mol. The van der Waals surface area contributed by atoms with Crippen molar-refractivity contribution in [3.05, 3.63) is 17.7 Å². The molecule has 0 atom stereocenters. The van der Waals surface area contributed by atoms with Gasteiger partial charge in [0.05, 0.1) is 17.9 Å². The molecule has 0 spiro atoms. The van der Waals surface area contributed by atoms with E-state index in [1.54, 1.807) is 19.1 Å². The predicted octanol–water partition coefficient (Wildman–Crippen LogP) is 1.17. The van der Waals surface area contributed by atoms with Crippen LogP contribution < -0.4 is 15.2 Å². The number of nitrogens with two attached hydrogens (primary N) is 1. The summed E-state index contributed by atoms with van der Waals surface area (Å²) in [7, 11) is 0. The molecule has 0 amide bonds. The minimum absolute atomic E-state index is 0.131. The van der Waals surface area contributed by atoms with E-state index < -0.39 is 5.97 Å². The normalized spacial score (nSPS) is 12.6. The molecule has 1 aliphatic heterocycles. The van der Waals surface area contributed by atoms with Gasteiger partial charge in [0.25, 0.3) is 0 Å². The summed E-state index contributed by atoms with van der Waals surface area (Å²) in [5.41, 5.74) is 6.33. The van der Waals surface area contributed by atoms with Crippen molar-refractivity contribution in [2.45, 2.75) is 6.92 Å². The molecule has 0 saturated carbocycles. The number of hydrogen-bond donors (Lipinski definition) is 1. The summed E-state index contributed by atoms with van der Waals surface area (Å²) < 4.78 is 15.1. The van der Waals surface area contributed by atoms with Crippen LogP contribution >= 0.6 is 0 Å². The fourth-order valence-electron chi connectivity index (χ4n) is 1.38. The van der Waals surface area contributed by atoms with E-state index in [1.807, 2.05) is 0 Å². The van der Waals surface area contributed by atoms with Gasteiger partial charge in [-0.3, -0.25) is 0 Å². The summed E-state index contributed by atoms with van der Waals surface area (Å²) in [6.45, 7) is 2.18. The quantitative estimate of drug-likeness (QED) is 0.584. The van der Waals surface area contributed by atoms with Gasteiger partial charge in [0.2, 0.25) is 6.79 Å². The molecule has 0 saturated heterocycles. The SMILES string of the molecule is CCOC(=O)c1ccc2c(c1N)OCO2. The van der Waals surface area contributed by atoms with Gasteiger partial charge in [0.1, 0.15) is 0 Å². The van der Waals surface area contributed by atoms with Crippen molar-refractivity contribution < 1.29 is 19.0 Å². The van der Waals surface area contributed by atoms with Gasteiger partial charge in [0.15, 0.2) is 11.5 Å². The zero-order valence-electron chi connectivity index (χ0n) is 8.28. The van der Waals surface area contributed by atoms with Crippen LogP contribution in [0.3, 0.4) is 0 Å². The molecule has 80 valence electrons. The molecule has 2 rings (SSSR count). The summed E-state index contributed by atoms with van der Waals surface area (Å²) in [6, 6.07) is 3.21. The Kier molecular flexibility index (Phi) is 2.37. The Bertz CT molecular complexity index is 403. The Morgan fingerprint density at radius 3 is 3.07 bits per heavy atom. The number of carbonyl (C=O) groups is 1. The van der Waals surface area contributed by atoms with E-state index in [-0.39, 0.29) is 12.5 Å². The average Bonchev–Trinajstić information content (AvgIpc) is 2.67. The fourth-order valence-corrected chi connectivity index (χ4v) is 1.38. The fraction of sp³-hybridized carbons (Fsp3) is 0.300. The molecule has 0 bridgehead atoms. The molecule has 0 aromatic heterocycles. The molecule has 1 aromatic rings. The highest BCUT2D eigenvalue weighted by atomic mass is 16.7. The van der Waals surface area contributed by atoms with Gasteiger partial charge < -0.3 is 19.9 Å². The average molecular weight is 209 g/mol. The second-order valence-electron chi connectivity index (χ2n) is 2.98. The predicted molar refractivity (Wildman–Crippen MR) is 52.9 cm³/mol. The molecule has 5 heteroatoms. The lowest BCUT2D eigenvalue weighted by Gasteiger charge is -2.07. The van der Waals surface area contributed by atoms with Crippen molar-refractivity contribution >= 4 is 11.7 Å². The standard InChI is InChI=1S/C10H11NO4/c1-2-13-10(12)6-3-4-7-9(8(6)11)15-5-14-7/h3-4H,2,5,11H2,1H3. The lowest BCUT2D eigenvalue weighted by atomic mass is 10.1. The van der Waals surface area contributed by atoms with Gasteiger partial charge in [-0.25, -0.2) is 4.79 Å². The van der Waals surface area contributed by atoms with E-state index in [4.69, 9.17) is 19.9 Å². The second-order valence-corrected chi connectivity index (χ2v) is 2.98. The van der Waals surface area contributed by atoms with E-state index in [2.05, 4.69) is 0 Å². The number of rotatable bonds is 2. The molecule has 1 aliphatic rings. The van der Waals surface area contributed by atoms with Crippen LogP contribution in [-0.4, -0.2) is 19.4 Å². The van der Waals surface area contributed by atoms with E-state index in [9.17, 15) is 4.79 Å². The first-order chi connectivity index (χ1) is 7.24. The molecule has 0 aliphatic carbocycles. The highest BCUT2D eigenvalue weighted by Crippen LogP contribution is 2.39. The number of carbonyl (C=O) groups excluding carboxylic acids is 1. The van der Waals surface area contributed by atoms with Gasteiger partial charge in [0, 0.05) is 0 Å². The molecule has 2 N–H and O–H groups in total. The van der Waals surface area contributed by atoms with E-state index >= 15 is 0 Å². The minimum Gasteiger partial charge on any atom is -0.462 e. The maximum atomic E-state index is 11.5. The number of fused-ring (bicyclic) bond motifs is 1. The second kappa shape index (κ2) is 3.68. The number of ether oxygens (including phenoxy) is 3. The largest absolute Gasteiger partial charge is 0.462 e. The number of anilines is 1. The molecule has 0 fully saturated rings. The molecule has 5 nitrogen and oxygen atoms in total. The van der Waals surface area contributed by atoms with Crippen LogP contribution in [0.25, 0.3) is 0 Å². The van der Waals surface area contributed by atoms with Crippen LogP contribution in [0.15, 0.2) is 12.1 Å². The molecule has 0 radical (unpaired) electrons. The van der Waals surface area contributed by atoms with Crippen LogP contribution in [0.2, 0.25) is 0 Å². The van der Waals surface area contributed by atoms with Crippen molar-refractivity contribution in [2.24, 2.45) is 0 Å². The van der Waals surface area contributed by atoms with Crippen LogP contribution in [0, 0.1) is 0 Å². The molecular formula is C10H11NO4. The number of benzene rings is 1. The van der Waals surface area contributed by atoms with E-state index in [0.717, 1.165) is 0 Å². The summed E-state index contributed by atoms with van der Waals surface area (Å²) in [4.78, 5) is 11.5. The van der Waals surface area contributed by atoms with Crippen molar-refractivity contribution in [1.29, 1.82) is 0 Å². The number of hydrogen-bond acceptors (Lipinski definition) is 5. The van der Waals surface area contributed by atoms with E-state index in [1.165, 1.54) is 0 Å². The Labute approximate surface area is 86.7 Å². The lowest BCUT2D eigenvalue weighted by molar-refractivity contribution is 0.0527. The Morgan fingerprint density at radius 1 is 1.53 bits per heavy atom. The Balaban J connectivity index is 2.38. The molecule has 15 heavy (non-hydrogen) atoms. The van der Waals surface area contributed by atoms with Gasteiger partial charge >= 0.3 is 5.97 Å². The first-order valence-corrected chi connectivity index (χ1v) is 4.59. The van der Waals surface area contributed by atoms with Gasteiger partial charge in [-0.2, -0.15) is 0 Å². The summed E-state index contributed by atoms with van der Waals surface area (Å²) in [6.07, 6.45) is 0. The number of esters is 1. The topological polar surface area (TPSA) is 70.8 Å². The zero-order valence-corrected chi connectivity index (χ0v) is 8.28. The molecule has 1 heterocycles. The highest BCUT2D eigenvalue weighted by Gasteiger charge is 2.22. The van der Waals surface area contributed by atoms with Crippen LogP contribution in [-0.2, 0) is 4.74 Å².